The molecule has 2 aliphatic heterocycles. The van der Waals surface area contributed by atoms with Gasteiger partial charge in [0.25, 0.3) is 11.8 Å². The van der Waals surface area contributed by atoms with Gasteiger partial charge in [0.05, 0.1) is 11.5 Å². The lowest BCUT2D eigenvalue weighted by atomic mass is 9.95. The van der Waals surface area contributed by atoms with Crippen LogP contribution in [0.5, 0.6) is 0 Å². The average molecular weight is 593 g/mol. The molecule has 6 rings (SSSR count). The second-order valence-corrected chi connectivity index (χ2v) is 10.5. The number of hydrogen-bond donors (Lipinski definition) is 0. The van der Waals surface area contributed by atoms with Crippen LogP contribution in [0, 0.1) is 10.1 Å². The average Bonchev–Trinajstić information content (AvgIpc) is 3.68. The van der Waals surface area contributed by atoms with Crippen LogP contribution in [0.3, 0.4) is 0 Å². The molecule has 3 aromatic heterocycles. The number of rotatable bonds is 5. The smallest absolute Gasteiger partial charge is 0.415 e. The Morgan fingerprint density at radius 1 is 1.14 bits per heavy atom. The van der Waals surface area contributed by atoms with Crippen LogP contribution in [-0.2, 0) is 16.9 Å². The number of pyridine rings is 2. The Kier molecular flexibility index (Phi) is 7.65. The Hall–Kier alpha value is -4.65. The first-order valence-corrected chi connectivity index (χ1v) is 13.9. The van der Waals surface area contributed by atoms with Gasteiger partial charge >= 0.3 is 11.9 Å². The number of fused-ring (bicyclic) bond motifs is 7. The van der Waals surface area contributed by atoms with Gasteiger partial charge in [0.1, 0.15) is 5.82 Å². The first-order valence-electron chi connectivity index (χ1n) is 13.9. The number of anilines is 1. The normalized spacial score (nSPS) is 21.2. The maximum Gasteiger partial charge on any atom is 0.426 e. The number of halogens is 3. The van der Waals surface area contributed by atoms with Gasteiger partial charge in [0.2, 0.25) is 11.3 Å². The summed E-state index contributed by atoms with van der Waals surface area (Å²) in [4.78, 5) is 22.5. The first kappa shape index (κ1) is 28.5. The Labute approximate surface area is 244 Å². The van der Waals surface area contributed by atoms with E-state index in [1.54, 1.807) is 60.9 Å². The molecule has 2 aliphatic rings. The summed E-state index contributed by atoms with van der Waals surface area (Å²) in [5, 5.41) is 19.9. The van der Waals surface area contributed by atoms with Gasteiger partial charge in [-0.3, -0.25) is 15.1 Å². The van der Waals surface area contributed by atoms with Gasteiger partial charge in [0.15, 0.2) is 0 Å². The van der Waals surface area contributed by atoms with E-state index in [9.17, 15) is 23.3 Å². The summed E-state index contributed by atoms with van der Waals surface area (Å²) in [5.74, 6) is -0.908. The molecule has 0 N–H and O–H groups in total. The summed E-state index contributed by atoms with van der Waals surface area (Å²) in [6.07, 6.45) is 3.52. The maximum atomic E-state index is 15.0. The quantitative estimate of drug-likeness (QED) is 0.140. The van der Waals surface area contributed by atoms with Crippen molar-refractivity contribution in [1.82, 2.24) is 20.2 Å². The number of ether oxygens (including phenoxy) is 1. The second kappa shape index (κ2) is 11.6. The molecule has 2 atom stereocenters. The number of alkyl halides is 3. The van der Waals surface area contributed by atoms with Gasteiger partial charge in [-0.1, -0.05) is 48.6 Å². The van der Waals surface area contributed by atoms with E-state index in [1.807, 2.05) is 6.08 Å². The van der Waals surface area contributed by atoms with Crippen LogP contribution in [0.4, 0.5) is 24.7 Å². The Balaban J connectivity index is 1.54. The largest absolute Gasteiger partial charge is 0.426 e. The number of benzene rings is 1. The highest BCUT2D eigenvalue weighted by molar-refractivity contribution is 5.82. The fraction of sp³-hybridized carbons (Fsp3) is 0.333. The molecule has 0 radical (unpaired) electrons. The third kappa shape index (κ3) is 5.47. The Morgan fingerprint density at radius 2 is 1.98 bits per heavy atom. The predicted octanol–water partition coefficient (Wildman–Crippen LogP) is 6.79. The number of hydrogen-bond acceptors (Lipinski definition) is 9. The summed E-state index contributed by atoms with van der Waals surface area (Å²) in [6.45, 7) is 0.275. The number of allylic oxidation sites excluding steroid dienone is 1. The summed E-state index contributed by atoms with van der Waals surface area (Å²) in [6, 6.07) is 13.3. The van der Waals surface area contributed by atoms with Gasteiger partial charge in [-0.25, -0.2) is 4.98 Å². The lowest BCUT2D eigenvalue weighted by Crippen LogP contribution is -2.45. The van der Waals surface area contributed by atoms with Gasteiger partial charge < -0.3 is 14.1 Å². The van der Waals surface area contributed by atoms with E-state index >= 15 is 0 Å². The minimum Gasteiger partial charge on any atom is -0.415 e. The molecule has 1 fully saturated rings. The molecular formula is C30H27F3N6O4. The van der Waals surface area contributed by atoms with Crippen molar-refractivity contribution in [3.8, 4) is 22.7 Å². The summed E-state index contributed by atoms with van der Waals surface area (Å²) >= 11 is 0. The third-order valence-corrected chi connectivity index (χ3v) is 7.80. The molecule has 222 valence electrons. The Bertz CT molecular complexity index is 1630. The second-order valence-electron chi connectivity index (χ2n) is 10.5. The van der Waals surface area contributed by atoms with E-state index in [2.05, 4.69) is 25.1 Å². The standard InChI is InChI=1S/C30H27F3N6O4/c31-30(32,33)29(42-19-20-9-3-1-4-10-20)14-6-2-5-12-22-13-8-16-38(22)26-23(21-11-7-15-34-18-21)17-24(39(40)41)25(35-26)27-36-37-28(29)43-27/h1-5,7,9-11,15,17-18,22H,6,8,12-14,16,19H2/b5-2-/t22-,29?/m1/s1. The van der Waals surface area contributed by atoms with Crippen molar-refractivity contribution in [2.75, 3.05) is 11.4 Å². The number of aromatic nitrogens is 4. The van der Waals surface area contributed by atoms with E-state index in [1.165, 1.54) is 6.07 Å². The fourth-order valence-corrected chi connectivity index (χ4v) is 5.61. The van der Waals surface area contributed by atoms with Crippen LogP contribution < -0.4 is 4.90 Å². The molecule has 1 aromatic carbocycles. The molecule has 10 nitrogen and oxygen atoms in total. The van der Waals surface area contributed by atoms with Gasteiger partial charge in [0, 0.05) is 42.2 Å². The molecule has 1 unspecified atom stereocenters. The molecule has 1 saturated heterocycles. The third-order valence-electron chi connectivity index (χ3n) is 7.80. The van der Waals surface area contributed by atoms with Crippen LogP contribution in [0.25, 0.3) is 22.7 Å². The molecule has 0 aliphatic carbocycles. The fourth-order valence-electron chi connectivity index (χ4n) is 5.61. The molecule has 0 amide bonds. The minimum absolute atomic E-state index is 0.0172. The van der Waals surface area contributed by atoms with Crippen LogP contribution in [0.1, 0.15) is 43.6 Å². The van der Waals surface area contributed by atoms with Crippen molar-refractivity contribution in [3.05, 3.63) is 94.6 Å². The molecule has 0 spiro atoms. The zero-order chi connectivity index (χ0) is 30.0. The van der Waals surface area contributed by atoms with Gasteiger partial charge in [-0.15, -0.1) is 10.2 Å². The van der Waals surface area contributed by atoms with E-state index in [-0.39, 0.29) is 24.8 Å². The monoisotopic (exact) mass is 592 g/mol. The first-order chi connectivity index (χ1) is 20.8. The minimum atomic E-state index is -4.95. The zero-order valence-electron chi connectivity index (χ0n) is 22.9. The van der Waals surface area contributed by atoms with E-state index in [0.29, 0.717) is 35.5 Å². The zero-order valence-corrected chi connectivity index (χ0v) is 22.9. The van der Waals surface area contributed by atoms with Gasteiger partial charge in [-0.05, 0) is 43.7 Å². The molecular weight excluding hydrogens is 565 g/mol. The van der Waals surface area contributed by atoms with Crippen LogP contribution in [0.15, 0.2) is 77.5 Å². The van der Waals surface area contributed by atoms with Crippen molar-refractivity contribution >= 4 is 11.5 Å². The SMILES string of the molecule is O=[N+]([O-])c1cc(-c2cccnc2)c2nc1-c1nnc(o1)C(OCc1ccccc1)(C(F)(F)F)CC/C=C\C[C@@H]1CCCN21. The lowest BCUT2D eigenvalue weighted by Gasteiger charge is -2.32. The summed E-state index contributed by atoms with van der Waals surface area (Å²) in [7, 11) is 0. The van der Waals surface area contributed by atoms with Crippen molar-refractivity contribution < 1.29 is 27.2 Å². The van der Waals surface area contributed by atoms with Crippen molar-refractivity contribution in [2.24, 2.45) is 0 Å². The number of nitrogens with zero attached hydrogens (tertiary/aromatic N) is 6. The molecule has 13 heteroatoms. The maximum absolute atomic E-state index is 15.0. The topological polar surface area (TPSA) is 120 Å². The van der Waals surface area contributed by atoms with Gasteiger partial charge in [-0.2, -0.15) is 13.2 Å². The van der Waals surface area contributed by atoms with Crippen LogP contribution in [-0.4, -0.2) is 43.9 Å². The molecule has 43 heavy (non-hydrogen) atoms. The van der Waals surface area contributed by atoms with E-state index in [0.717, 1.165) is 12.8 Å². The van der Waals surface area contributed by atoms with E-state index in [4.69, 9.17) is 9.15 Å². The lowest BCUT2D eigenvalue weighted by molar-refractivity contribution is -0.384. The molecule has 4 aromatic rings. The van der Waals surface area contributed by atoms with Crippen LogP contribution >= 0.6 is 0 Å². The van der Waals surface area contributed by atoms with E-state index < -0.39 is 40.6 Å². The highest BCUT2D eigenvalue weighted by Crippen LogP contribution is 2.47. The molecule has 0 saturated carbocycles. The number of nitro groups is 1. The highest BCUT2D eigenvalue weighted by Gasteiger charge is 2.61. The highest BCUT2D eigenvalue weighted by atomic mass is 19.4. The molecule has 4 bridgehead atoms. The van der Waals surface area contributed by atoms with Crippen LogP contribution in [0.2, 0.25) is 0 Å². The van der Waals surface area contributed by atoms with Crippen molar-refractivity contribution in [2.45, 2.75) is 56.5 Å². The summed E-state index contributed by atoms with van der Waals surface area (Å²) in [5.41, 5.74) is -2.15. The van der Waals surface area contributed by atoms with Crippen molar-refractivity contribution in [3.63, 3.8) is 0 Å². The molecule has 5 heterocycles. The summed E-state index contributed by atoms with van der Waals surface area (Å²) < 4.78 is 56.2. The van der Waals surface area contributed by atoms with Crippen molar-refractivity contribution in [1.29, 1.82) is 0 Å². The predicted molar refractivity (Wildman–Crippen MR) is 150 cm³/mol. The Morgan fingerprint density at radius 3 is 2.72 bits per heavy atom.